The number of hydrogen-bond donors (Lipinski definition) is 0. The van der Waals surface area contributed by atoms with Crippen molar-refractivity contribution in [3.05, 3.63) is 175 Å². The molecule has 0 heterocycles. The lowest BCUT2D eigenvalue weighted by atomic mass is 9.80. The molecule has 1 aliphatic carbocycles. The number of hydrogen-bond acceptors (Lipinski definition) is 1. The monoisotopic (exact) mass is 563 g/mol. The molecule has 1 nitrogen and oxygen atoms in total. The Balaban J connectivity index is 1.31. The van der Waals surface area contributed by atoms with Crippen LogP contribution in [0.5, 0.6) is 0 Å². The van der Waals surface area contributed by atoms with Gasteiger partial charge in [0.15, 0.2) is 0 Å². The van der Waals surface area contributed by atoms with Gasteiger partial charge in [-0.25, -0.2) is 0 Å². The number of nitrogens with zero attached hydrogens (tertiary/aromatic N) is 1. The van der Waals surface area contributed by atoms with Gasteiger partial charge in [-0.3, -0.25) is 0 Å². The topological polar surface area (TPSA) is 3.24 Å². The molecule has 8 rings (SSSR count). The van der Waals surface area contributed by atoms with Crippen molar-refractivity contribution in [3.8, 4) is 33.4 Å². The molecule has 0 saturated carbocycles. The molecular formula is C43H33N. The van der Waals surface area contributed by atoms with Gasteiger partial charge >= 0.3 is 0 Å². The zero-order valence-electron chi connectivity index (χ0n) is 25.0. The molecule has 0 aliphatic heterocycles. The number of rotatable bonds is 5. The standard InChI is InChI=1S/C43H33N/c1-43(2)40-29-35-17-10-9-16-34(35)28-39(40)38-18-11-19-41(42(38)43)44(36-24-20-32(21-25-36)30-12-5-3-6-13-30)37-26-22-33(23-27-37)31-14-7-4-8-15-31/h3-29H,1-2H3. The largest absolute Gasteiger partial charge is 0.310 e. The summed E-state index contributed by atoms with van der Waals surface area (Å²) in [5.41, 5.74) is 13.6. The molecule has 1 heteroatoms. The Bertz CT molecular complexity index is 2020. The van der Waals surface area contributed by atoms with E-state index in [1.807, 2.05) is 0 Å². The third kappa shape index (κ3) is 4.32. The maximum absolute atomic E-state index is 2.44. The zero-order valence-corrected chi connectivity index (χ0v) is 25.0. The first-order valence-electron chi connectivity index (χ1n) is 15.4. The predicted octanol–water partition coefficient (Wildman–Crippen LogP) is 11.9. The van der Waals surface area contributed by atoms with Gasteiger partial charge in [-0.15, -0.1) is 0 Å². The lowest BCUT2D eigenvalue weighted by Crippen LogP contribution is -2.20. The van der Waals surface area contributed by atoms with E-state index in [0.29, 0.717) is 0 Å². The predicted molar refractivity (Wildman–Crippen MR) is 187 cm³/mol. The Hall–Kier alpha value is -5.40. The Morgan fingerprint density at radius 3 is 1.43 bits per heavy atom. The SMILES string of the molecule is CC1(C)c2cc3ccccc3cc2-c2cccc(N(c3ccc(-c4ccccc4)cc3)c3ccc(-c4ccccc4)cc3)c21. The summed E-state index contributed by atoms with van der Waals surface area (Å²) in [6, 6.07) is 59.5. The van der Waals surface area contributed by atoms with E-state index in [2.05, 4.69) is 183 Å². The minimum atomic E-state index is -0.169. The lowest BCUT2D eigenvalue weighted by molar-refractivity contribution is 0.661. The first-order chi connectivity index (χ1) is 21.6. The molecule has 0 N–H and O–H groups in total. The van der Waals surface area contributed by atoms with Crippen LogP contribution in [0.2, 0.25) is 0 Å². The summed E-state index contributed by atoms with van der Waals surface area (Å²) in [6.07, 6.45) is 0. The average Bonchev–Trinajstić information content (AvgIpc) is 3.31. The Morgan fingerprint density at radius 1 is 0.409 bits per heavy atom. The second-order valence-electron chi connectivity index (χ2n) is 12.2. The highest BCUT2D eigenvalue weighted by atomic mass is 15.1. The van der Waals surface area contributed by atoms with Crippen molar-refractivity contribution < 1.29 is 0 Å². The van der Waals surface area contributed by atoms with Crippen LogP contribution in [-0.4, -0.2) is 0 Å². The van der Waals surface area contributed by atoms with Crippen molar-refractivity contribution in [1.82, 2.24) is 0 Å². The summed E-state index contributed by atoms with van der Waals surface area (Å²) in [7, 11) is 0. The van der Waals surface area contributed by atoms with Crippen molar-refractivity contribution in [2.24, 2.45) is 0 Å². The molecule has 0 aromatic heterocycles. The molecule has 0 bridgehead atoms. The molecule has 0 radical (unpaired) electrons. The molecule has 7 aromatic carbocycles. The van der Waals surface area contributed by atoms with E-state index in [9.17, 15) is 0 Å². The highest BCUT2D eigenvalue weighted by molar-refractivity contribution is 5.97. The third-order valence-electron chi connectivity index (χ3n) is 9.22. The molecule has 0 amide bonds. The molecule has 0 unspecified atom stereocenters. The number of anilines is 3. The molecule has 0 spiro atoms. The zero-order chi connectivity index (χ0) is 29.7. The Kier molecular flexibility index (Phi) is 6.20. The Morgan fingerprint density at radius 2 is 0.886 bits per heavy atom. The highest BCUT2D eigenvalue weighted by Crippen LogP contribution is 2.55. The van der Waals surface area contributed by atoms with Crippen LogP contribution in [0.1, 0.15) is 25.0 Å². The molecule has 210 valence electrons. The van der Waals surface area contributed by atoms with Gasteiger partial charge < -0.3 is 4.90 Å². The average molecular weight is 564 g/mol. The minimum Gasteiger partial charge on any atom is -0.310 e. The van der Waals surface area contributed by atoms with Crippen LogP contribution in [-0.2, 0) is 5.41 Å². The van der Waals surface area contributed by atoms with E-state index in [4.69, 9.17) is 0 Å². The van der Waals surface area contributed by atoms with Crippen LogP contribution < -0.4 is 4.90 Å². The van der Waals surface area contributed by atoms with E-state index in [1.165, 1.54) is 61.0 Å². The second-order valence-corrected chi connectivity index (χ2v) is 12.2. The summed E-state index contributed by atoms with van der Waals surface area (Å²) in [5, 5.41) is 2.57. The smallest absolute Gasteiger partial charge is 0.0508 e. The van der Waals surface area contributed by atoms with Crippen molar-refractivity contribution >= 4 is 27.8 Å². The van der Waals surface area contributed by atoms with E-state index >= 15 is 0 Å². The van der Waals surface area contributed by atoms with E-state index in [-0.39, 0.29) is 5.41 Å². The van der Waals surface area contributed by atoms with Gasteiger partial charge in [-0.05, 0) is 97.7 Å². The lowest BCUT2D eigenvalue weighted by Gasteiger charge is -2.32. The van der Waals surface area contributed by atoms with Gasteiger partial charge in [0.25, 0.3) is 0 Å². The van der Waals surface area contributed by atoms with Crippen molar-refractivity contribution in [2.75, 3.05) is 4.90 Å². The van der Waals surface area contributed by atoms with E-state index in [1.54, 1.807) is 0 Å². The molecule has 1 aliphatic rings. The molecule has 44 heavy (non-hydrogen) atoms. The van der Waals surface area contributed by atoms with Crippen molar-refractivity contribution in [2.45, 2.75) is 19.3 Å². The maximum Gasteiger partial charge on any atom is 0.0508 e. The van der Waals surface area contributed by atoms with Gasteiger partial charge in [-0.1, -0.05) is 135 Å². The fourth-order valence-electron chi connectivity index (χ4n) is 7.02. The van der Waals surface area contributed by atoms with E-state index < -0.39 is 0 Å². The van der Waals surface area contributed by atoms with Crippen LogP contribution >= 0.6 is 0 Å². The molecule has 0 atom stereocenters. The van der Waals surface area contributed by atoms with Gasteiger partial charge in [0.1, 0.15) is 0 Å². The van der Waals surface area contributed by atoms with Gasteiger partial charge in [0, 0.05) is 16.8 Å². The van der Waals surface area contributed by atoms with Gasteiger partial charge in [-0.2, -0.15) is 0 Å². The summed E-state index contributed by atoms with van der Waals surface area (Å²) < 4.78 is 0. The van der Waals surface area contributed by atoms with Crippen LogP contribution in [0.15, 0.2) is 164 Å². The van der Waals surface area contributed by atoms with Gasteiger partial charge in [0.05, 0.1) is 5.69 Å². The summed E-state index contributed by atoms with van der Waals surface area (Å²) in [4.78, 5) is 2.44. The van der Waals surface area contributed by atoms with Gasteiger partial charge in [0.2, 0.25) is 0 Å². The van der Waals surface area contributed by atoms with Crippen LogP contribution in [0.3, 0.4) is 0 Å². The van der Waals surface area contributed by atoms with Crippen LogP contribution in [0, 0.1) is 0 Å². The Labute approximate surface area is 259 Å². The third-order valence-corrected chi connectivity index (χ3v) is 9.22. The molecule has 0 fully saturated rings. The maximum atomic E-state index is 2.44. The van der Waals surface area contributed by atoms with Crippen LogP contribution in [0.4, 0.5) is 17.1 Å². The first kappa shape index (κ1) is 26.2. The van der Waals surface area contributed by atoms with Crippen molar-refractivity contribution in [1.29, 1.82) is 0 Å². The fraction of sp³-hybridized carbons (Fsp3) is 0.0698. The summed E-state index contributed by atoms with van der Waals surface area (Å²) in [6.45, 7) is 4.76. The van der Waals surface area contributed by atoms with Crippen molar-refractivity contribution in [3.63, 3.8) is 0 Å². The molecular weight excluding hydrogens is 530 g/mol. The summed E-state index contributed by atoms with van der Waals surface area (Å²) in [5.74, 6) is 0. The number of benzene rings is 7. The van der Waals surface area contributed by atoms with E-state index in [0.717, 1.165) is 11.4 Å². The minimum absolute atomic E-state index is 0.169. The van der Waals surface area contributed by atoms with Crippen LogP contribution in [0.25, 0.3) is 44.2 Å². The quantitative estimate of drug-likeness (QED) is 0.201. The highest BCUT2D eigenvalue weighted by Gasteiger charge is 2.39. The first-order valence-corrected chi connectivity index (χ1v) is 15.4. The normalized spacial score (nSPS) is 13.0. The molecule has 7 aromatic rings. The summed E-state index contributed by atoms with van der Waals surface area (Å²) >= 11 is 0. The number of fused-ring (bicyclic) bond motifs is 4. The fourth-order valence-corrected chi connectivity index (χ4v) is 7.02. The molecule has 0 saturated heterocycles. The second kappa shape index (κ2) is 10.4.